The van der Waals surface area contributed by atoms with Gasteiger partial charge < -0.3 is 24.1 Å². The number of piperidine rings is 1. The number of anilines is 1. The number of nitrogens with zero attached hydrogens (tertiary/aromatic N) is 4. The third-order valence-corrected chi connectivity index (χ3v) is 9.60. The molecule has 0 bridgehead atoms. The largest absolute Gasteiger partial charge is 0.467 e. The molecule has 10 heteroatoms. The Morgan fingerprint density at radius 1 is 1.00 bits per heavy atom. The Kier molecular flexibility index (Phi) is 10.0. The summed E-state index contributed by atoms with van der Waals surface area (Å²) in [6.07, 6.45) is 4.61. The smallest absolute Gasteiger partial charge is 0.253 e. The second kappa shape index (κ2) is 14.3. The van der Waals surface area contributed by atoms with Gasteiger partial charge in [-0.3, -0.25) is 4.79 Å². The molecule has 1 atom stereocenters. The number of fused-ring (bicyclic) bond motifs is 1. The third kappa shape index (κ3) is 7.67. The van der Waals surface area contributed by atoms with Crippen molar-refractivity contribution in [3.63, 3.8) is 0 Å². The topological polar surface area (TPSA) is 66.5 Å². The zero-order chi connectivity index (χ0) is 31.3. The number of hydrogen-bond donors (Lipinski definition) is 1. The minimum atomic E-state index is -0.0401. The van der Waals surface area contributed by atoms with E-state index in [0.717, 1.165) is 67.2 Å². The molecule has 3 aromatic carbocycles. The van der Waals surface area contributed by atoms with Crippen LogP contribution in [-0.2, 0) is 6.54 Å². The molecule has 1 N–H and O–H groups in total. The van der Waals surface area contributed by atoms with Crippen LogP contribution in [0.4, 0.5) is 5.95 Å². The Hall–Kier alpha value is -3.49. The van der Waals surface area contributed by atoms with Crippen LogP contribution in [0.25, 0.3) is 11.0 Å². The lowest BCUT2D eigenvalue weighted by atomic mass is 9.94. The van der Waals surface area contributed by atoms with Crippen LogP contribution in [0.3, 0.4) is 0 Å². The van der Waals surface area contributed by atoms with Crippen LogP contribution >= 0.6 is 34.8 Å². The lowest BCUT2D eigenvalue weighted by Crippen LogP contribution is -2.40. The van der Waals surface area contributed by atoms with E-state index in [1.807, 2.05) is 55.6 Å². The number of imidazole rings is 1. The summed E-state index contributed by atoms with van der Waals surface area (Å²) in [5.74, 6) is 1.83. The number of furan rings is 1. The first-order valence-corrected chi connectivity index (χ1v) is 16.4. The molecule has 3 heterocycles. The van der Waals surface area contributed by atoms with Crippen LogP contribution in [0, 0.1) is 0 Å². The van der Waals surface area contributed by atoms with Crippen molar-refractivity contribution in [2.24, 2.45) is 0 Å². The highest BCUT2D eigenvalue weighted by molar-refractivity contribution is 6.42. The van der Waals surface area contributed by atoms with Gasteiger partial charge in [-0.15, -0.1) is 0 Å². The van der Waals surface area contributed by atoms with Crippen molar-refractivity contribution in [2.45, 2.75) is 37.8 Å². The van der Waals surface area contributed by atoms with Gasteiger partial charge in [0.25, 0.3) is 5.91 Å². The number of nitrogens with one attached hydrogen (secondary N) is 1. The number of likely N-dealkylation sites (N-methyl/N-ethyl adjacent to an activating group) is 1. The highest BCUT2D eigenvalue weighted by Gasteiger charge is 2.24. The number of halogens is 3. The average molecular weight is 665 g/mol. The van der Waals surface area contributed by atoms with E-state index in [0.29, 0.717) is 39.8 Å². The Morgan fingerprint density at radius 2 is 1.78 bits per heavy atom. The van der Waals surface area contributed by atoms with E-state index in [9.17, 15) is 4.79 Å². The van der Waals surface area contributed by atoms with Crippen molar-refractivity contribution < 1.29 is 9.21 Å². The molecule has 1 unspecified atom stereocenters. The van der Waals surface area contributed by atoms with Gasteiger partial charge in [0.2, 0.25) is 5.95 Å². The fourth-order valence-corrected chi connectivity index (χ4v) is 6.51. The maximum Gasteiger partial charge on any atom is 0.253 e. The monoisotopic (exact) mass is 663 g/mol. The van der Waals surface area contributed by atoms with Gasteiger partial charge in [0, 0.05) is 49.2 Å². The quantitative estimate of drug-likeness (QED) is 0.154. The number of carbonyl (C=O) groups is 1. The molecule has 234 valence electrons. The zero-order valence-electron chi connectivity index (χ0n) is 25.1. The molecule has 0 aliphatic carbocycles. The molecule has 2 aromatic heterocycles. The molecular weight excluding hydrogens is 629 g/mol. The van der Waals surface area contributed by atoms with Crippen LogP contribution < -0.4 is 5.32 Å². The summed E-state index contributed by atoms with van der Waals surface area (Å²) in [7, 11) is 1.85. The Balaban J connectivity index is 1.09. The van der Waals surface area contributed by atoms with Crippen LogP contribution in [0.1, 0.15) is 46.9 Å². The molecule has 1 saturated heterocycles. The number of para-hydroxylation sites is 2. The van der Waals surface area contributed by atoms with Gasteiger partial charge in [-0.05, 0) is 92.0 Å². The maximum atomic E-state index is 13.2. The summed E-state index contributed by atoms with van der Waals surface area (Å²) >= 11 is 18.7. The van der Waals surface area contributed by atoms with Crippen LogP contribution in [0.15, 0.2) is 89.5 Å². The first kappa shape index (κ1) is 31.5. The van der Waals surface area contributed by atoms with Gasteiger partial charge in [0.1, 0.15) is 5.76 Å². The average Bonchev–Trinajstić information content (AvgIpc) is 3.69. The van der Waals surface area contributed by atoms with E-state index in [1.165, 1.54) is 0 Å². The number of rotatable bonds is 11. The normalized spacial score (nSPS) is 14.9. The lowest BCUT2D eigenvalue weighted by molar-refractivity contribution is 0.0782. The van der Waals surface area contributed by atoms with E-state index in [2.05, 4.69) is 20.9 Å². The fraction of sp³-hybridized carbons (Fsp3) is 0.314. The van der Waals surface area contributed by atoms with Crippen LogP contribution in [-0.4, -0.2) is 64.5 Å². The lowest BCUT2D eigenvalue weighted by Gasteiger charge is -2.34. The van der Waals surface area contributed by atoms with Crippen molar-refractivity contribution >= 4 is 57.7 Å². The number of benzene rings is 3. The van der Waals surface area contributed by atoms with Gasteiger partial charge in [-0.2, -0.15) is 0 Å². The summed E-state index contributed by atoms with van der Waals surface area (Å²) in [4.78, 5) is 22.4. The minimum Gasteiger partial charge on any atom is -0.467 e. The molecule has 0 saturated carbocycles. The molecule has 1 aliphatic rings. The van der Waals surface area contributed by atoms with E-state index < -0.39 is 0 Å². The Bertz CT molecular complexity index is 1730. The summed E-state index contributed by atoms with van der Waals surface area (Å²) in [6.45, 7) is 4.05. The van der Waals surface area contributed by atoms with Crippen LogP contribution in [0.5, 0.6) is 0 Å². The molecule has 5 aromatic rings. The number of likely N-dealkylation sites (tertiary alicyclic amines) is 1. The minimum absolute atomic E-state index is 0.0401. The Morgan fingerprint density at radius 3 is 2.51 bits per heavy atom. The SMILES string of the molecule is CN(CC(CCN1CCC(Nc2nc3ccccc3n2Cc2ccco2)CC1)c1ccc(Cl)c(Cl)c1)C(=O)c1ccc(Cl)cc1. The number of carbonyl (C=O) groups excluding carboxylic acids is 1. The van der Waals surface area contributed by atoms with E-state index in [4.69, 9.17) is 44.2 Å². The molecule has 7 nitrogen and oxygen atoms in total. The van der Waals surface area contributed by atoms with Crippen molar-refractivity contribution in [1.82, 2.24) is 19.4 Å². The molecule has 1 aliphatic heterocycles. The van der Waals surface area contributed by atoms with Crippen LogP contribution in [0.2, 0.25) is 15.1 Å². The predicted octanol–water partition coefficient (Wildman–Crippen LogP) is 8.46. The van der Waals surface area contributed by atoms with Crippen molar-refractivity contribution in [1.29, 1.82) is 0 Å². The van der Waals surface area contributed by atoms with E-state index in [-0.39, 0.29) is 11.8 Å². The van der Waals surface area contributed by atoms with Gasteiger partial charge in [0.15, 0.2) is 0 Å². The molecule has 1 amide bonds. The summed E-state index contributed by atoms with van der Waals surface area (Å²) < 4.78 is 7.84. The second-order valence-electron chi connectivity index (χ2n) is 11.7. The molecular formula is C35H36Cl3N5O2. The van der Waals surface area contributed by atoms with Crippen molar-refractivity contribution in [3.05, 3.63) is 117 Å². The molecule has 45 heavy (non-hydrogen) atoms. The van der Waals surface area contributed by atoms with Crippen molar-refractivity contribution in [3.8, 4) is 0 Å². The Labute approximate surface area is 278 Å². The summed E-state index contributed by atoms with van der Waals surface area (Å²) in [5.41, 5.74) is 3.74. The van der Waals surface area contributed by atoms with E-state index >= 15 is 0 Å². The van der Waals surface area contributed by atoms with Gasteiger partial charge in [-0.25, -0.2) is 4.98 Å². The first-order chi connectivity index (χ1) is 21.8. The third-order valence-electron chi connectivity index (χ3n) is 8.61. The molecule has 0 spiro atoms. The van der Waals surface area contributed by atoms with Gasteiger partial charge in [-0.1, -0.05) is 53.0 Å². The first-order valence-electron chi connectivity index (χ1n) is 15.3. The molecule has 0 radical (unpaired) electrons. The van der Waals surface area contributed by atoms with E-state index in [1.54, 1.807) is 35.4 Å². The molecule has 6 rings (SSSR count). The van der Waals surface area contributed by atoms with Crippen molar-refractivity contribution in [2.75, 3.05) is 38.5 Å². The number of amides is 1. The predicted molar refractivity (Wildman–Crippen MR) is 183 cm³/mol. The fourth-order valence-electron chi connectivity index (χ4n) is 6.08. The standard InChI is InChI=1S/C35H36Cl3N5O2/c1-41(34(44)24-8-11-27(36)12-9-24)22-26(25-10-13-30(37)31(38)21-25)14-17-42-18-15-28(16-19-42)39-35-40-32-6-2-3-7-33(32)43(35)23-29-5-4-20-45-29/h2-13,20-21,26,28H,14-19,22-23H2,1H3,(H,39,40). The van der Waals surface area contributed by atoms with Gasteiger partial charge >= 0.3 is 0 Å². The maximum absolute atomic E-state index is 13.2. The highest BCUT2D eigenvalue weighted by atomic mass is 35.5. The highest BCUT2D eigenvalue weighted by Crippen LogP contribution is 2.30. The summed E-state index contributed by atoms with van der Waals surface area (Å²) in [5, 5.41) is 5.39. The molecule has 1 fully saturated rings. The number of hydrogen-bond acceptors (Lipinski definition) is 5. The van der Waals surface area contributed by atoms with Gasteiger partial charge in [0.05, 0.1) is 33.9 Å². The second-order valence-corrected chi connectivity index (χ2v) is 13.0. The summed E-state index contributed by atoms with van der Waals surface area (Å²) in [6, 6.07) is 25.2. The zero-order valence-corrected chi connectivity index (χ0v) is 27.4. The number of aromatic nitrogens is 2.